The predicted octanol–water partition coefficient (Wildman–Crippen LogP) is 4.18. The second kappa shape index (κ2) is 12.2. The molecule has 2 aromatic rings. The van der Waals surface area contributed by atoms with Gasteiger partial charge < -0.3 is 19.9 Å². The van der Waals surface area contributed by atoms with Gasteiger partial charge >= 0.3 is 0 Å². The van der Waals surface area contributed by atoms with E-state index in [0.717, 1.165) is 29.7 Å². The van der Waals surface area contributed by atoms with Gasteiger partial charge in [0.05, 0.1) is 6.04 Å². The van der Waals surface area contributed by atoms with Gasteiger partial charge in [0, 0.05) is 26.1 Å². The summed E-state index contributed by atoms with van der Waals surface area (Å²) in [6.07, 6.45) is 1.11. The molecule has 0 aliphatic carbocycles. The van der Waals surface area contributed by atoms with Crippen molar-refractivity contribution in [3.63, 3.8) is 0 Å². The predicted molar refractivity (Wildman–Crippen MR) is 136 cm³/mol. The fourth-order valence-corrected chi connectivity index (χ4v) is 4.41. The van der Waals surface area contributed by atoms with Crippen LogP contribution >= 0.6 is 0 Å². The molecule has 0 spiro atoms. The van der Waals surface area contributed by atoms with Gasteiger partial charge in [-0.15, -0.1) is 0 Å². The molecule has 1 aliphatic heterocycles. The van der Waals surface area contributed by atoms with Gasteiger partial charge in [0.2, 0.25) is 5.91 Å². The SMILES string of the molecule is CCC(Oc1ccc2c(c1)C(c1ccc(F)cc1)N(C(=O)CC(C)C)CC2)C(=O)NCCN(C)C. The van der Waals surface area contributed by atoms with Gasteiger partial charge in [-0.3, -0.25) is 9.59 Å². The zero-order valence-corrected chi connectivity index (χ0v) is 21.5. The largest absolute Gasteiger partial charge is 0.481 e. The third kappa shape index (κ3) is 7.04. The molecule has 190 valence electrons. The van der Waals surface area contributed by atoms with E-state index in [2.05, 4.69) is 5.32 Å². The molecule has 0 bridgehead atoms. The van der Waals surface area contributed by atoms with Gasteiger partial charge in [0.1, 0.15) is 11.6 Å². The molecular formula is C28H38FN3O3. The molecule has 7 heteroatoms. The van der Waals surface area contributed by atoms with Crippen LogP contribution in [0.3, 0.4) is 0 Å². The van der Waals surface area contributed by atoms with Crippen molar-refractivity contribution >= 4 is 11.8 Å². The van der Waals surface area contributed by atoms with Gasteiger partial charge in [0.25, 0.3) is 5.91 Å². The Bertz CT molecular complexity index is 1010. The number of benzene rings is 2. The van der Waals surface area contributed by atoms with Crippen LogP contribution in [0.5, 0.6) is 5.75 Å². The first-order valence-electron chi connectivity index (χ1n) is 12.5. The van der Waals surface area contributed by atoms with E-state index in [9.17, 15) is 14.0 Å². The number of halogens is 1. The first kappa shape index (κ1) is 26.7. The quantitative estimate of drug-likeness (QED) is 0.551. The normalized spacial score (nSPS) is 16.2. The smallest absolute Gasteiger partial charge is 0.261 e. The summed E-state index contributed by atoms with van der Waals surface area (Å²) in [5.41, 5.74) is 2.94. The summed E-state index contributed by atoms with van der Waals surface area (Å²) in [5, 5.41) is 2.93. The van der Waals surface area contributed by atoms with Crippen LogP contribution in [0, 0.1) is 11.7 Å². The van der Waals surface area contributed by atoms with Crippen molar-refractivity contribution in [2.45, 2.75) is 52.2 Å². The molecule has 0 fully saturated rings. The average molecular weight is 484 g/mol. The van der Waals surface area contributed by atoms with Gasteiger partial charge in [-0.25, -0.2) is 4.39 Å². The molecule has 35 heavy (non-hydrogen) atoms. The van der Waals surface area contributed by atoms with Crippen molar-refractivity contribution in [3.05, 3.63) is 65.0 Å². The number of carbonyl (C=O) groups is 2. The Morgan fingerprint density at radius 2 is 1.89 bits per heavy atom. The molecule has 0 radical (unpaired) electrons. The van der Waals surface area contributed by atoms with E-state index in [0.29, 0.717) is 31.7 Å². The van der Waals surface area contributed by atoms with Crippen molar-refractivity contribution in [3.8, 4) is 5.75 Å². The van der Waals surface area contributed by atoms with E-state index in [4.69, 9.17) is 4.74 Å². The number of hydrogen-bond acceptors (Lipinski definition) is 4. The van der Waals surface area contributed by atoms with Crippen molar-refractivity contribution in [1.82, 2.24) is 15.1 Å². The minimum atomic E-state index is -0.609. The number of carbonyl (C=O) groups excluding carboxylic acids is 2. The molecule has 0 aromatic heterocycles. The Hall–Kier alpha value is -2.93. The molecule has 6 nitrogen and oxygen atoms in total. The lowest BCUT2D eigenvalue weighted by Crippen LogP contribution is -2.41. The maximum Gasteiger partial charge on any atom is 0.261 e. The molecule has 2 unspecified atom stereocenters. The van der Waals surface area contributed by atoms with Gasteiger partial charge in [-0.1, -0.05) is 39.0 Å². The second-order valence-electron chi connectivity index (χ2n) is 9.86. The number of nitrogens with zero attached hydrogens (tertiary/aromatic N) is 2. The van der Waals surface area contributed by atoms with Gasteiger partial charge in [-0.05, 0) is 73.8 Å². The molecule has 1 N–H and O–H groups in total. The summed E-state index contributed by atoms with van der Waals surface area (Å²) in [6.45, 7) is 7.89. The lowest BCUT2D eigenvalue weighted by molar-refractivity contribution is -0.134. The van der Waals surface area contributed by atoms with Crippen LogP contribution in [0.2, 0.25) is 0 Å². The number of fused-ring (bicyclic) bond motifs is 1. The number of amides is 2. The van der Waals surface area contributed by atoms with Gasteiger partial charge in [0.15, 0.2) is 6.10 Å². The number of ether oxygens (including phenoxy) is 1. The van der Waals surface area contributed by atoms with Crippen LogP contribution in [-0.4, -0.2) is 61.4 Å². The number of rotatable bonds is 10. The summed E-state index contributed by atoms with van der Waals surface area (Å²) >= 11 is 0. The molecule has 1 heterocycles. The molecule has 0 saturated heterocycles. The highest BCUT2D eigenvalue weighted by Gasteiger charge is 2.33. The fraction of sp³-hybridized carbons (Fsp3) is 0.500. The first-order chi connectivity index (χ1) is 16.7. The fourth-order valence-electron chi connectivity index (χ4n) is 4.41. The van der Waals surface area contributed by atoms with Crippen LogP contribution in [0.4, 0.5) is 4.39 Å². The molecule has 3 rings (SSSR count). The van der Waals surface area contributed by atoms with Crippen molar-refractivity contribution in [2.24, 2.45) is 5.92 Å². The second-order valence-corrected chi connectivity index (χ2v) is 9.86. The van der Waals surface area contributed by atoms with E-state index in [1.807, 2.05) is 62.9 Å². The highest BCUT2D eigenvalue weighted by molar-refractivity contribution is 5.81. The monoisotopic (exact) mass is 483 g/mol. The zero-order valence-electron chi connectivity index (χ0n) is 21.5. The number of hydrogen-bond donors (Lipinski definition) is 1. The Labute approximate surface area is 208 Å². The van der Waals surface area contributed by atoms with Crippen LogP contribution in [-0.2, 0) is 16.0 Å². The highest BCUT2D eigenvalue weighted by atomic mass is 19.1. The summed E-state index contributed by atoms with van der Waals surface area (Å²) in [6, 6.07) is 11.9. The minimum Gasteiger partial charge on any atom is -0.481 e. The standard InChI is InChI=1S/C28H38FN3O3/c1-6-25(28(34)30-14-16-31(4)5)35-23-12-9-20-13-15-32(26(33)17-19(2)3)27(24(20)18-23)21-7-10-22(29)11-8-21/h7-12,18-19,25,27H,6,13-17H2,1-5H3,(H,30,34). The van der Waals surface area contributed by atoms with Gasteiger partial charge in [-0.2, -0.15) is 0 Å². The maximum absolute atomic E-state index is 13.7. The first-order valence-corrected chi connectivity index (χ1v) is 12.5. The summed E-state index contributed by atoms with van der Waals surface area (Å²) < 4.78 is 19.8. The average Bonchev–Trinajstić information content (AvgIpc) is 2.81. The van der Waals surface area contributed by atoms with Crippen molar-refractivity contribution in [2.75, 3.05) is 33.7 Å². The Balaban J connectivity index is 1.89. The lowest BCUT2D eigenvalue weighted by atomic mass is 9.87. The van der Waals surface area contributed by atoms with Crippen LogP contribution in [0.25, 0.3) is 0 Å². The third-order valence-electron chi connectivity index (χ3n) is 6.23. The molecule has 2 atom stereocenters. The van der Waals surface area contributed by atoms with E-state index >= 15 is 0 Å². The molecular weight excluding hydrogens is 445 g/mol. The van der Waals surface area contributed by atoms with Crippen LogP contribution < -0.4 is 10.1 Å². The summed E-state index contributed by atoms with van der Waals surface area (Å²) in [4.78, 5) is 29.7. The molecule has 1 aliphatic rings. The summed E-state index contributed by atoms with van der Waals surface area (Å²) in [7, 11) is 3.92. The number of likely N-dealkylation sites (N-methyl/N-ethyl adjacent to an activating group) is 1. The third-order valence-corrected chi connectivity index (χ3v) is 6.23. The topological polar surface area (TPSA) is 61.9 Å². The van der Waals surface area contributed by atoms with Crippen LogP contribution in [0.15, 0.2) is 42.5 Å². The van der Waals surface area contributed by atoms with E-state index < -0.39 is 6.10 Å². The lowest BCUT2D eigenvalue weighted by Gasteiger charge is -2.38. The maximum atomic E-state index is 13.7. The van der Waals surface area contributed by atoms with Crippen LogP contribution in [0.1, 0.15) is 56.3 Å². The number of nitrogens with one attached hydrogen (secondary N) is 1. The Kier molecular flexibility index (Phi) is 9.26. The highest BCUT2D eigenvalue weighted by Crippen LogP contribution is 2.38. The Morgan fingerprint density at radius 1 is 1.17 bits per heavy atom. The molecule has 2 amide bonds. The minimum absolute atomic E-state index is 0.0815. The van der Waals surface area contributed by atoms with E-state index in [-0.39, 0.29) is 29.6 Å². The summed E-state index contributed by atoms with van der Waals surface area (Å²) in [5.74, 6) is 0.453. The van der Waals surface area contributed by atoms with Crippen molar-refractivity contribution < 1.29 is 18.7 Å². The van der Waals surface area contributed by atoms with E-state index in [1.165, 1.54) is 12.1 Å². The zero-order chi connectivity index (χ0) is 25.5. The molecule has 2 aromatic carbocycles. The molecule has 0 saturated carbocycles. The van der Waals surface area contributed by atoms with Crippen molar-refractivity contribution in [1.29, 1.82) is 0 Å². The van der Waals surface area contributed by atoms with E-state index in [1.54, 1.807) is 12.1 Å². The Morgan fingerprint density at radius 3 is 2.51 bits per heavy atom.